The molecule has 2 heterocycles. The fraction of sp³-hybridized carbons (Fsp3) is 0.125. The van der Waals surface area contributed by atoms with Crippen LogP contribution in [0.3, 0.4) is 0 Å². The molecular formula is C8H8N4OS. The van der Waals surface area contributed by atoms with Gasteiger partial charge in [0.15, 0.2) is 0 Å². The van der Waals surface area contributed by atoms with Crippen molar-refractivity contribution in [1.29, 1.82) is 0 Å². The Hall–Kier alpha value is -1.69. The van der Waals surface area contributed by atoms with Gasteiger partial charge in [-0.1, -0.05) is 0 Å². The minimum absolute atomic E-state index is 0.297. The quantitative estimate of drug-likeness (QED) is 0.770. The molecule has 0 saturated heterocycles. The summed E-state index contributed by atoms with van der Waals surface area (Å²) in [6.07, 6.45) is 0. The number of aromatic amines is 1. The van der Waals surface area contributed by atoms with Gasteiger partial charge in [0.2, 0.25) is 0 Å². The molecule has 0 saturated carbocycles. The van der Waals surface area contributed by atoms with E-state index in [0.29, 0.717) is 11.4 Å². The number of carbonyl (C=O) groups is 1. The molecule has 0 aliphatic rings. The SMILES string of the molecule is Cc1nc(-c2cc(C(N)=O)[nH]n2)cs1. The van der Waals surface area contributed by atoms with Crippen LogP contribution in [0.4, 0.5) is 0 Å². The maximum absolute atomic E-state index is 10.8. The van der Waals surface area contributed by atoms with Crippen LogP contribution in [0, 0.1) is 6.92 Å². The van der Waals surface area contributed by atoms with Gasteiger partial charge in [0.1, 0.15) is 17.1 Å². The molecule has 2 aromatic heterocycles. The number of nitrogens with one attached hydrogen (secondary N) is 1. The van der Waals surface area contributed by atoms with Crippen LogP contribution in [0.5, 0.6) is 0 Å². The van der Waals surface area contributed by atoms with Crippen molar-refractivity contribution in [3.8, 4) is 11.4 Å². The molecule has 5 nitrogen and oxygen atoms in total. The molecule has 0 radical (unpaired) electrons. The lowest BCUT2D eigenvalue weighted by Crippen LogP contribution is -2.10. The summed E-state index contributed by atoms with van der Waals surface area (Å²) in [4.78, 5) is 15.0. The molecule has 6 heteroatoms. The predicted octanol–water partition coefficient (Wildman–Crippen LogP) is 0.941. The normalized spacial score (nSPS) is 10.4. The van der Waals surface area contributed by atoms with Gasteiger partial charge in [0.05, 0.1) is 5.01 Å². The first-order valence-corrected chi connectivity index (χ1v) is 4.82. The maximum Gasteiger partial charge on any atom is 0.266 e. The van der Waals surface area contributed by atoms with Crippen molar-refractivity contribution < 1.29 is 4.79 Å². The summed E-state index contributed by atoms with van der Waals surface area (Å²) < 4.78 is 0. The molecular weight excluding hydrogens is 200 g/mol. The number of nitrogens with zero attached hydrogens (tertiary/aromatic N) is 2. The van der Waals surface area contributed by atoms with Crippen LogP contribution in [0.1, 0.15) is 15.5 Å². The number of amides is 1. The molecule has 0 bridgehead atoms. The Labute approximate surface area is 84.0 Å². The van der Waals surface area contributed by atoms with Crippen molar-refractivity contribution in [2.24, 2.45) is 5.73 Å². The minimum Gasteiger partial charge on any atom is -0.364 e. The molecule has 0 atom stereocenters. The van der Waals surface area contributed by atoms with Gasteiger partial charge in [-0.2, -0.15) is 5.10 Å². The van der Waals surface area contributed by atoms with E-state index in [4.69, 9.17) is 5.73 Å². The first kappa shape index (κ1) is 8.89. The van der Waals surface area contributed by atoms with Crippen molar-refractivity contribution >= 4 is 17.2 Å². The van der Waals surface area contributed by atoms with Crippen molar-refractivity contribution in [1.82, 2.24) is 15.2 Å². The third kappa shape index (κ3) is 1.51. The molecule has 2 rings (SSSR count). The lowest BCUT2D eigenvalue weighted by Gasteiger charge is -1.84. The summed E-state index contributed by atoms with van der Waals surface area (Å²) in [5, 5.41) is 9.34. The van der Waals surface area contributed by atoms with E-state index in [1.165, 1.54) is 11.3 Å². The van der Waals surface area contributed by atoms with E-state index >= 15 is 0 Å². The largest absolute Gasteiger partial charge is 0.364 e. The Morgan fingerprint density at radius 1 is 1.57 bits per heavy atom. The van der Waals surface area contributed by atoms with Crippen LogP contribution < -0.4 is 5.73 Å². The molecule has 0 unspecified atom stereocenters. The molecule has 3 N–H and O–H groups in total. The van der Waals surface area contributed by atoms with E-state index in [9.17, 15) is 4.79 Å². The highest BCUT2D eigenvalue weighted by Gasteiger charge is 2.09. The molecule has 72 valence electrons. The zero-order valence-corrected chi connectivity index (χ0v) is 8.26. The molecule has 0 aliphatic heterocycles. The Morgan fingerprint density at radius 2 is 2.36 bits per heavy atom. The zero-order chi connectivity index (χ0) is 10.1. The lowest BCUT2D eigenvalue weighted by molar-refractivity contribution is 0.0995. The topological polar surface area (TPSA) is 84.7 Å². The summed E-state index contributed by atoms with van der Waals surface area (Å²) in [5.74, 6) is -0.518. The Morgan fingerprint density at radius 3 is 2.86 bits per heavy atom. The van der Waals surface area contributed by atoms with Crippen molar-refractivity contribution in [3.63, 3.8) is 0 Å². The van der Waals surface area contributed by atoms with Crippen LogP contribution >= 0.6 is 11.3 Å². The van der Waals surface area contributed by atoms with Gasteiger partial charge in [0.25, 0.3) is 5.91 Å². The summed E-state index contributed by atoms with van der Waals surface area (Å²) in [6.45, 7) is 1.91. The second-order valence-electron chi connectivity index (χ2n) is 2.78. The fourth-order valence-corrected chi connectivity index (χ4v) is 1.67. The average Bonchev–Trinajstić information content (AvgIpc) is 2.70. The Kier molecular flexibility index (Phi) is 2.05. The third-order valence-corrected chi connectivity index (χ3v) is 2.50. The van der Waals surface area contributed by atoms with E-state index in [-0.39, 0.29) is 0 Å². The number of rotatable bonds is 2. The molecule has 0 aliphatic carbocycles. The number of H-pyrrole nitrogens is 1. The molecule has 0 spiro atoms. The first-order chi connectivity index (χ1) is 6.66. The van der Waals surface area contributed by atoms with Gasteiger partial charge in [-0.05, 0) is 13.0 Å². The predicted molar refractivity (Wildman–Crippen MR) is 53.0 cm³/mol. The number of hydrogen-bond donors (Lipinski definition) is 2. The number of aryl methyl sites for hydroxylation is 1. The average molecular weight is 208 g/mol. The smallest absolute Gasteiger partial charge is 0.266 e. The second-order valence-corrected chi connectivity index (χ2v) is 3.85. The molecule has 0 fully saturated rings. The highest BCUT2D eigenvalue weighted by atomic mass is 32.1. The summed E-state index contributed by atoms with van der Waals surface area (Å²) in [5.41, 5.74) is 6.78. The molecule has 1 amide bonds. The van der Waals surface area contributed by atoms with Crippen LogP contribution in [-0.2, 0) is 0 Å². The van der Waals surface area contributed by atoms with Gasteiger partial charge < -0.3 is 5.73 Å². The number of hydrogen-bond acceptors (Lipinski definition) is 4. The number of nitrogens with two attached hydrogens (primary N) is 1. The molecule has 0 aromatic carbocycles. The van der Waals surface area contributed by atoms with E-state index < -0.39 is 5.91 Å². The summed E-state index contributed by atoms with van der Waals surface area (Å²) in [7, 11) is 0. The zero-order valence-electron chi connectivity index (χ0n) is 7.44. The van der Waals surface area contributed by atoms with Crippen LogP contribution in [-0.4, -0.2) is 21.1 Å². The highest BCUT2D eigenvalue weighted by molar-refractivity contribution is 7.09. The number of carbonyl (C=O) groups excluding carboxylic acids is 1. The Bertz CT molecular complexity index is 473. The number of thiazole rings is 1. The summed E-state index contributed by atoms with van der Waals surface area (Å²) in [6, 6.07) is 1.59. The molecule has 14 heavy (non-hydrogen) atoms. The van der Waals surface area contributed by atoms with Crippen LogP contribution in [0.25, 0.3) is 11.4 Å². The minimum atomic E-state index is -0.518. The van der Waals surface area contributed by atoms with E-state index in [2.05, 4.69) is 15.2 Å². The van der Waals surface area contributed by atoms with Crippen LogP contribution in [0.2, 0.25) is 0 Å². The highest BCUT2D eigenvalue weighted by Crippen LogP contribution is 2.19. The van der Waals surface area contributed by atoms with Gasteiger partial charge in [-0.3, -0.25) is 9.89 Å². The molecule has 2 aromatic rings. The van der Waals surface area contributed by atoms with Crippen LogP contribution in [0.15, 0.2) is 11.4 Å². The van der Waals surface area contributed by atoms with Gasteiger partial charge in [0, 0.05) is 5.38 Å². The summed E-state index contributed by atoms with van der Waals surface area (Å²) >= 11 is 1.54. The Balaban J connectivity index is 2.38. The lowest BCUT2D eigenvalue weighted by atomic mass is 10.3. The first-order valence-electron chi connectivity index (χ1n) is 3.94. The van der Waals surface area contributed by atoms with Gasteiger partial charge in [-0.15, -0.1) is 11.3 Å². The van der Waals surface area contributed by atoms with Gasteiger partial charge >= 0.3 is 0 Å². The van der Waals surface area contributed by atoms with E-state index in [1.54, 1.807) is 6.07 Å². The number of aromatic nitrogens is 3. The number of primary amides is 1. The standard InChI is InChI=1S/C8H8N4OS/c1-4-10-7(3-14-4)5-2-6(8(9)13)12-11-5/h2-3H,1H3,(H2,9,13)(H,11,12). The van der Waals surface area contributed by atoms with Gasteiger partial charge in [-0.25, -0.2) is 4.98 Å². The third-order valence-electron chi connectivity index (χ3n) is 1.72. The van der Waals surface area contributed by atoms with E-state index in [0.717, 1.165) is 10.7 Å². The maximum atomic E-state index is 10.8. The van der Waals surface area contributed by atoms with Crippen molar-refractivity contribution in [2.45, 2.75) is 6.92 Å². The van der Waals surface area contributed by atoms with E-state index in [1.807, 2.05) is 12.3 Å². The monoisotopic (exact) mass is 208 g/mol. The van der Waals surface area contributed by atoms with Crippen molar-refractivity contribution in [2.75, 3.05) is 0 Å². The fourth-order valence-electron chi connectivity index (χ4n) is 1.06. The second kappa shape index (κ2) is 3.22. The van der Waals surface area contributed by atoms with Crippen molar-refractivity contribution in [3.05, 3.63) is 22.1 Å².